The standard InChI is InChI=1S/C7H8O/c1-2-3-4-5-6-7-8/h3-4,7H,2H2,1H3/b4-3-. The fraction of sp³-hybridized carbons (Fsp3) is 0.286. The first-order valence-corrected chi connectivity index (χ1v) is 2.51. The summed E-state index contributed by atoms with van der Waals surface area (Å²) in [5.41, 5.74) is 0. The molecule has 42 valence electrons. The molecule has 0 radical (unpaired) electrons. The number of aldehydes is 1. The molecule has 1 nitrogen and oxygen atoms in total. The minimum Gasteiger partial charge on any atom is -0.289 e. The van der Waals surface area contributed by atoms with E-state index in [0.717, 1.165) is 6.42 Å². The lowest BCUT2D eigenvalue weighted by Gasteiger charge is -1.66. The molecule has 0 atom stereocenters. The van der Waals surface area contributed by atoms with Crippen LogP contribution < -0.4 is 0 Å². The van der Waals surface area contributed by atoms with Gasteiger partial charge >= 0.3 is 0 Å². The zero-order valence-electron chi connectivity index (χ0n) is 4.85. The van der Waals surface area contributed by atoms with Crippen LogP contribution in [0.15, 0.2) is 12.2 Å². The number of carbonyl (C=O) groups excluding carboxylic acids is 1. The van der Waals surface area contributed by atoms with Gasteiger partial charge in [-0.25, -0.2) is 0 Å². The summed E-state index contributed by atoms with van der Waals surface area (Å²) in [5.74, 6) is 4.80. The second-order valence-corrected chi connectivity index (χ2v) is 1.22. The highest BCUT2D eigenvalue weighted by Gasteiger charge is 1.59. The lowest BCUT2D eigenvalue weighted by atomic mass is 10.4. The Kier molecular flexibility index (Phi) is 5.20. The van der Waals surface area contributed by atoms with E-state index in [1.807, 2.05) is 13.0 Å². The van der Waals surface area contributed by atoms with Crippen LogP contribution in [-0.4, -0.2) is 6.29 Å². The maximum atomic E-state index is 9.56. The molecule has 0 amide bonds. The highest BCUT2D eigenvalue weighted by molar-refractivity contribution is 5.73. The van der Waals surface area contributed by atoms with Crippen LogP contribution in [-0.2, 0) is 4.79 Å². The molecule has 0 spiro atoms. The number of carbonyl (C=O) groups is 1. The largest absolute Gasteiger partial charge is 0.289 e. The zero-order chi connectivity index (χ0) is 6.24. The third-order valence-electron chi connectivity index (χ3n) is 0.579. The predicted molar refractivity (Wildman–Crippen MR) is 33.3 cm³/mol. The van der Waals surface area contributed by atoms with Gasteiger partial charge in [-0.2, -0.15) is 0 Å². The molecule has 0 N–H and O–H groups in total. The van der Waals surface area contributed by atoms with Crippen LogP contribution in [0.5, 0.6) is 0 Å². The van der Waals surface area contributed by atoms with Gasteiger partial charge in [-0.1, -0.05) is 18.9 Å². The molecule has 0 aliphatic carbocycles. The van der Waals surface area contributed by atoms with Crippen molar-refractivity contribution in [1.82, 2.24) is 0 Å². The number of rotatable bonds is 1. The van der Waals surface area contributed by atoms with Crippen molar-refractivity contribution in [1.29, 1.82) is 0 Å². The fourth-order valence-corrected chi connectivity index (χ4v) is 0.259. The van der Waals surface area contributed by atoms with Gasteiger partial charge in [0.15, 0.2) is 6.29 Å². The van der Waals surface area contributed by atoms with E-state index < -0.39 is 0 Å². The van der Waals surface area contributed by atoms with E-state index in [4.69, 9.17) is 0 Å². The molecule has 0 aliphatic rings. The minimum absolute atomic E-state index is 0.583. The van der Waals surface area contributed by atoms with Gasteiger partial charge in [0.2, 0.25) is 0 Å². The first-order valence-electron chi connectivity index (χ1n) is 2.51. The number of hydrogen-bond acceptors (Lipinski definition) is 1. The van der Waals surface area contributed by atoms with Gasteiger partial charge in [0.25, 0.3) is 0 Å². The van der Waals surface area contributed by atoms with Gasteiger partial charge < -0.3 is 0 Å². The smallest absolute Gasteiger partial charge is 0.193 e. The normalized spacial score (nSPS) is 8.12. The summed E-state index contributed by atoms with van der Waals surface area (Å²) in [4.78, 5) is 9.56. The summed E-state index contributed by atoms with van der Waals surface area (Å²) in [7, 11) is 0. The van der Waals surface area contributed by atoms with Gasteiger partial charge in [0.1, 0.15) is 0 Å². The van der Waals surface area contributed by atoms with Crippen LogP contribution in [0.25, 0.3) is 0 Å². The Morgan fingerprint density at radius 3 is 2.75 bits per heavy atom. The second-order valence-electron chi connectivity index (χ2n) is 1.22. The van der Waals surface area contributed by atoms with E-state index in [-0.39, 0.29) is 0 Å². The van der Waals surface area contributed by atoms with Crippen LogP contribution >= 0.6 is 0 Å². The number of hydrogen-bond donors (Lipinski definition) is 0. The van der Waals surface area contributed by atoms with Crippen molar-refractivity contribution in [3.8, 4) is 11.8 Å². The minimum atomic E-state index is 0.583. The van der Waals surface area contributed by atoms with E-state index in [1.165, 1.54) is 0 Å². The SMILES string of the molecule is CC/C=C\C#CC=O. The van der Waals surface area contributed by atoms with E-state index >= 15 is 0 Å². The highest BCUT2D eigenvalue weighted by atomic mass is 16.1. The molecular formula is C7H8O. The van der Waals surface area contributed by atoms with Crippen molar-refractivity contribution < 1.29 is 4.79 Å². The summed E-state index contributed by atoms with van der Waals surface area (Å²) in [6, 6.07) is 0. The molecule has 0 saturated heterocycles. The lowest BCUT2D eigenvalue weighted by Crippen LogP contribution is -1.56. The zero-order valence-corrected chi connectivity index (χ0v) is 4.85. The molecule has 8 heavy (non-hydrogen) atoms. The summed E-state index contributed by atoms with van der Waals surface area (Å²) in [6.07, 6.45) is 5.12. The van der Waals surface area contributed by atoms with Crippen molar-refractivity contribution in [2.45, 2.75) is 13.3 Å². The van der Waals surface area contributed by atoms with Crippen LogP contribution in [0.1, 0.15) is 13.3 Å². The molecule has 0 rings (SSSR count). The monoisotopic (exact) mass is 108 g/mol. The van der Waals surface area contributed by atoms with Gasteiger partial charge in [0.05, 0.1) is 0 Å². The Labute approximate surface area is 49.4 Å². The predicted octanol–water partition coefficient (Wildman–Crippen LogP) is 1.15. The maximum Gasteiger partial charge on any atom is 0.193 e. The van der Waals surface area contributed by atoms with Crippen molar-refractivity contribution in [3.63, 3.8) is 0 Å². The Balaban J connectivity index is 3.40. The topological polar surface area (TPSA) is 17.1 Å². The molecule has 0 unspecified atom stereocenters. The van der Waals surface area contributed by atoms with Gasteiger partial charge in [-0.15, -0.1) is 0 Å². The van der Waals surface area contributed by atoms with Crippen LogP contribution in [0.3, 0.4) is 0 Å². The van der Waals surface area contributed by atoms with Crippen molar-refractivity contribution in [2.75, 3.05) is 0 Å². The quantitative estimate of drug-likeness (QED) is 0.364. The Morgan fingerprint density at radius 1 is 1.50 bits per heavy atom. The van der Waals surface area contributed by atoms with Crippen molar-refractivity contribution >= 4 is 6.29 Å². The molecule has 0 aromatic carbocycles. The average molecular weight is 108 g/mol. The Morgan fingerprint density at radius 2 is 2.25 bits per heavy atom. The van der Waals surface area contributed by atoms with Crippen molar-refractivity contribution in [2.24, 2.45) is 0 Å². The third kappa shape index (κ3) is 4.97. The van der Waals surface area contributed by atoms with Crippen LogP contribution in [0.4, 0.5) is 0 Å². The van der Waals surface area contributed by atoms with E-state index in [0.29, 0.717) is 6.29 Å². The van der Waals surface area contributed by atoms with Crippen LogP contribution in [0, 0.1) is 11.8 Å². The average Bonchev–Trinajstić information content (AvgIpc) is 1.81. The molecule has 0 fully saturated rings. The second kappa shape index (κ2) is 5.97. The van der Waals surface area contributed by atoms with E-state index in [1.54, 1.807) is 6.08 Å². The molecule has 0 heterocycles. The summed E-state index contributed by atoms with van der Waals surface area (Å²) < 4.78 is 0. The fourth-order valence-electron chi connectivity index (χ4n) is 0.259. The Bertz CT molecular complexity index is 134. The first kappa shape index (κ1) is 6.97. The first-order chi connectivity index (χ1) is 3.91. The van der Waals surface area contributed by atoms with E-state index in [2.05, 4.69) is 11.8 Å². The maximum absolute atomic E-state index is 9.56. The lowest BCUT2D eigenvalue weighted by molar-refractivity contribution is -0.103. The van der Waals surface area contributed by atoms with Crippen LogP contribution in [0.2, 0.25) is 0 Å². The number of allylic oxidation sites excluding steroid dienone is 2. The molecule has 0 aromatic heterocycles. The summed E-state index contributed by atoms with van der Waals surface area (Å²) in [6.45, 7) is 2.01. The third-order valence-corrected chi connectivity index (χ3v) is 0.579. The molecular weight excluding hydrogens is 100 g/mol. The molecule has 0 bridgehead atoms. The molecule has 0 aromatic rings. The molecule has 1 heteroatoms. The molecule has 0 aliphatic heterocycles. The molecule has 0 saturated carbocycles. The Hall–Kier alpha value is -1.03. The highest BCUT2D eigenvalue weighted by Crippen LogP contribution is 1.74. The summed E-state index contributed by atoms with van der Waals surface area (Å²) in [5, 5.41) is 0. The van der Waals surface area contributed by atoms with Crippen molar-refractivity contribution in [3.05, 3.63) is 12.2 Å². The van der Waals surface area contributed by atoms with E-state index in [9.17, 15) is 4.79 Å². The summed E-state index contributed by atoms with van der Waals surface area (Å²) >= 11 is 0. The van der Waals surface area contributed by atoms with Gasteiger partial charge in [0, 0.05) is 0 Å². The van der Waals surface area contributed by atoms with Gasteiger partial charge in [-0.3, -0.25) is 4.79 Å². The van der Waals surface area contributed by atoms with Gasteiger partial charge in [-0.05, 0) is 18.4 Å².